The van der Waals surface area contributed by atoms with Crippen LogP contribution in [-0.2, 0) is 11.2 Å². The predicted molar refractivity (Wildman–Crippen MR) is 99.6 cm³/mol. The lowest BCUT2D eigenvalue weighted by molar-refractivity contribution is -0.116. The minimum atomic E-state index is 0.0286. The number of aryl methyl sites for hydroxylation is 2. The lowest BCUT2D eigenvalue weighted by atomic mass is 10.1. The van der Waals surface area contributed by atoms with E-state index in [0.29, 0.717) is 6.42 Å². The third-order valence-corrected chi connectivity index (χ3v) is 5.01. The Labute approximate surface area is 143 Å². The number of nitrogens with zero attached hydrogens (tertiary/aromatic N) is 1. The van der Waals surface area contributed by atoms with Crippen LogP contribution in [0, 0.1) is 6.92 Å². The quantitative estimate of drug-likeness (QED) is 0.570. The number of thiazole rings is 1. The molecule has 0 aliphatic heterocycles. The Balaban J connectivity index is 1.44. The van der Waals surface area contributed by atoms with Gasteiger partial charge in [0.1, 0.15) is 0 Å². The number of carbonyl (C=O) groups is 1. The molecule has 4 nitrogen and oxygen atoms in total. The van der Waals surface area contributed by atoms with E-state index in [2.05, 4.69) is 21.4 Å². The molecular formula is C19H17N3OS. The maximum Gasteiger partial charge on any atom is 0.224 e. The van der Waals surface area contributed by atoms with Crippen LogP contribution < -0.4 is 5.32 Å². The molecule has 120 valence electrons. The standard InChI is InChI=1S/C19H17N3OS/c1-12-21-17-8-7-14(10-18(17)24-12)22-19(23)9-6-13-11-20-16-5-3-2-4-15(13)16/h2-5,7-8,10-11,20H,6,9H2,1H3,(H,22,23). The second-order valence-corrected chi connectivity index (χ2v) is 7.06. The van der Waals surface area contributed by atoms with E-state index < -0.39 is 0 Å². The summed E-state index contributed by atoms with van der Waals surface area (Å²) in [5.74, 6) is 0.0286. The smallest absolute Gasteiger partial charge is 0.224 e. The van der Waals surface area contributed by atoms with Crippen LogP contribution in [0.4, 0.5) is 5.69 Å². The third kappa shape index (κ3) is 2.90. The summed E-state index contributed by atoms with van der Waals surface area (Å²) in [6, 6.07) is 14.0. The molecule has 2 N–H and O–H groups in total. The van der Waals surface area contributed by atoms with E-state index in [1.807, 2.05) is 49.5 Å². The molecule has 1 amide bonds. The number of amides is 1. The second kappa shape index (κ2) is 6.09. The number of hydrogen-bond donors (Lipinski definition) is 2. The molecule has 2 aromatic heterocycles. The van der Waals surface area contributed by atoms with Gasteiger partial charge in [0.2, 0.25) is 5.91 Å². The van der Waals surface area contributed by atoms with E-state index in [1.165, 1.54) is 10.9 Å². The van der Waals surface area contributed by atoms with Gasteiger partial charge in [0.15, 0.2) is 0 Å². The highest BCUT2D eigenvalue weighted by Crippen LogP contribution is 2.25. The van der Waals surface area contributed by atoms with Crippen LogP contribution >= 0.6 is 11.3 Å². The van der Waals surface area contributed by atoms with Gasteiger partial charge in [-0.1, -0.05) is 18.2 Å². The normalized spacial score (nSPS) is 11.2. The zero-order valence-electron chi connectivity index (χ0n) is 13.3. The average Bonchev–Trinajstić information content (AvgIpc) is 3.15. The molecule has 0 fully saturated rings. The summed E-state index contributed by atoms with van der Waals surface area (Å²) in [5.41, 5.74) is 4.09. The number of H-pyrrole nitrogens is 1. The number of hydrogen-bond acceptors (Lipinski definition) is 3. The van der Waals surface area contributed by atoms with E-state index in [0.717, 1.165) is 32.8 Å². The number of nitrogens with one attached hydrogen (secondary N) is 2. The molecule has 4 rings (SSSR count). The van der Waals surface area contributed by atoms with Crippen molar-refractivity contribution in [3.63, 3.8) is 0 Å². The van der Waals surface area contributed by atoms with E-state index in [-0.39, 0.29) is 5.91 Å². The van der Waals surface area contributed by atoms with Crippen molar-refractivity contribution < 1.29 is 4.79 Å². The van der Waals surface area contributed by atoms with Crippen molar-refractivity contribution in [1.29, 1.82) is 0 Å². The molecule has 24 heavy (non-hydrogen) atoms. The Morgan fingerprint density at radius 2 is 2.12 bits per heavy atom. The predicted octanol–water partition coefficient (Wildman–Crippen LogP) is 4.66. The molecule has 0 aliphatic rings. The summed E-state index contributed by atoms with van der Waals surface area (Å²) in [7, 11) is 0. The summed E-state index contributed by atoms with van der Waals surface area (Å²) in [6.07, 6.45) is 3.17. The first-order valence-corrected chi connectivity index (χ1v) is 8.73. The molecule has 5 heteroatoms. The first-order valence-electron chi connectivity index (χ1n) is 7.91. The molecule has 2 heterocycles. The van der Waals surface area contributed by atoms with Gasteiger partial charge in [-0.05, 0) is 43.2 Å². The number of benzene rings is 2. The van der Waals surface area contributed by atoms with Crippen LogP contribution in [0.25, 0.3) is 21.1 Å². The van der Waals surface area contributed by atoms with Crippen LogP contribution in [-0.4, -0.2) is 15.9 Å². The summed E-state index contributed by atoms with van der Waals surface area (Å²) >= 11 is 1.64. The van der Waals surface area contributed by atoms with Crippen molar-refractivity contribution in [2.45, 2.75) is 19.8 Å². The highest BCUT2D eigenvalue weighted by molar-refractivity contribution is 7.18. The monoisotopic (exact) mass is 335 g/mol. The maximum atomic E-state index is 12.3. The lowest BCUT2D eigenvalue weighted by Gasteiger charge is -2.05. The molecule has 0 unspecified atom stereocenters. The van der Waals surface area contributed by atoms with E-state index in [4.69, 9.17) is 0 Å². The summed E-state index contributed by atoms with van der Waals surface area (Å²) in [4.78, 5) is 19.9. The van der Waals surface area contributed by atoms with E-state index in [1.54, 1.807) is 11.3 Å². The van der Waals surface area contributed by atoms with Crippen LogP contribution in [0.3, 0.4) is 0 Å². The van der Waals surface area contributed by atoms with Gasteiger partial charge in [-0.25, -0.2) is 4.98 Å². The number of aromatic amines is 1. The summed E-state index contributed by atoms with van der Waals surface area (Å²) in [5, 5.41) is 5.21. The molecule has 2 aromatic carbocycles. The van der Waals surface area contributed by atoms with Gasteiger partial charge < -0.3 is 10.3 Å². The minimum absolute atomic E-state index is 0.0286. The topological polar surface area (TPSA) is 57.8 Å². The SMILES string of the molecule is Cc1nc2ccc(NC(=O)CCc3c[nH]c4ccccc34)cc2s1. The van der Waals surface area contributed by atoms with Gasteiger partial charge in [0.05, 0.1) is 15.2 Å². The number of aromatic nitrogens is 2. The van der Waals surface area contributed by atoms with Crippen molar-refractivity contribution in [2.75, 3.05) is 5.32 Å². The van der Waals surface area contributed by atoms with Crippen LogP contribution in [0.5, 0.6) is 0 Å². The van der Waals surface area contributed by atoms with Gasteiger partial charge in [-0.3, -0.25) is 4.79 Å². The largest absolute Gasteiger partial charge is 0.361 e. The minimum Gasteiger partial charge on any atom is -0.361 e. The zero-order valence-corrected chi connectivity index (χ0v) is 14.1. The number of rotatable bonds is 4. The summed E-state index contributed by atoms with van der Waals surface area (Å²) < 4.78 is 1.10. The van der Waals surface area contributed by atoms with Gasteiger partial charge in [0, 0.05) is 29.2 Å². The van der Waals surface area contributed by atoms with E-state index >= 15 is 0 Å². The number of fused-ring (bicyclic) bond motifs is 2. The van der Waals surface area contributed by atoms with Gasteiger partial charge in [-0.2, -0.15) is 0 Å². The molecular weight excluding hydrogens is 318 g/mol. The lowest BCUT2D eigenvalue weighted by Crippen LogP contribution is -2.12. The van der Waals surface area contributed by atoms with Crippen molar-refractivity contribution in [3.8, 4) is 0 Å². The molecule has 0 bridgehead atoms. The Kier molecular flexibility index (Phi) is 3.78. The van der Waals surface area contributed by atoms with Gasteiger partial charge in [-0.15, -0.1) is 11.3 Å². The first-order chi connectivity index (χ1) is 11.7. The van der Waals surface area contributed by atoms with Gasteiger partial charge >= 0.3 is 0 Å². The molecule has 0 aliphatic carbocycles. The highest BCUT2D eigenvalue weighted by atomic mass is 32.1. The Morgan fingerprint density at radius 1 is 1.25 bits per heavy atom. The molecule has 0 radical (unpaired) electrons. The maximum absolute atomic E-state index is 12.3. The zero-order chi connectivity index (χ0) is 16.5. The Morgan fingerprint density at radius 3 is 3.04 bits per heavy atom. The fourth-order valence-electron chi connectivity index (χ4n) is 2.93. The Hall–Kier alpha value is -2.66. The number of anilines is 1. The second-order valence-electron chi connectivity index (χ2n) is 5.82. The van der Waals surface area contributed by atoms with Crippen molar-refractivity contribution in [1.82, 2.24) is 9.97 Å². The fraction of sp³-hybridized carbons (Fsp3) is 0.158. The number of para-hydroxylation sites is 1. The van der Waals surface area contributed by atoms with Gasteiger partial charge in [0.25, 0.3) is 0 Å². The van der Waals surface area contributed by atoms with E-state index in [9.17, 15) is 4.79 Å². The van der Waals surface area contributed by atoms with Crippen molar-refractivity contribution >= 4 is 44.1 Å². The Bertz CT molecular complexity index is 1030. The van der Waals surface area contributed by atoms with Crippen LogP contribution in [0.15, 0.2) is 48.7 Å². The van der Waals surface area contributed by atoms with Crippen LogP contribution in [0.1, 0.15) is 17.0 Å². The summed E-state index contributed by atoms with van der Waals surface area (Å²) in [6.45, 7) is 1.99. The average molecular weight is 335 g/mol. The molecule has 0 atom stereocenters. The molecule has 0 spiro atoms. The third-order valence-electron chi connectivity index (χ3n) is 4.08. The van der Waals surface area contributed by atoms with Crippen LogP contribution in [0.2, 0.25) is 0 Å². The highest BCUT2D eigenvalue weighted by Gasteiger charge is 2.08. The fourth-order valence-corrected chi connectivity index (χ4v) is 3.79. The molecule has 0 saturated heterocycles. The molecule has 4 aromatic rings. The molecule has 0 saturated carbocycles. The van der Waals surface area contributed by atoms with Crippen molar-refractivity contribution in [2.24, 2.45) is 0 Å². The number of carbonyl (C=O) groups excluding carboxylic acids is 1. The van der Waals surface area contributed by atoms with Crippen molar-refractivity contribution in [3.05, 3.63) is 59.2 Å². The first kappa shape index (κ1) is 14.9.